The molecule has 0 saturated carbocycles. The molecular formula is C16H16ClN3O3. The van der Waals surface area contributed by atoms with Gasteiger partial charge in [-0.1, -0.05) is 11.6 Å². The molecule has 3 rings (SSSR count). The van der Waals surface area contributed by atoms with E-state index < -0.39 is 0 Å². The lowest BCUT2D eigenvalue weighted by molar-refractivity contribution is 0.0820. The molecule has 1 aliphatic rings. The molecule has 23 heavy (non-hydrogen) atoms. The Morgan fingerprint density at radius 3 is 2.96 bits per heavy atom. The number of carbonyl (C=O) groups excluding carboxylic acids is 1. The van der Waals surface area contributed by atoms with E-state index in [4.69, 9.17) is 21.1 Å². The first kappa shape index (κ1) is 15.7. The maximum Gasteiger partial charge on any atom is 0.253 e. The molecule has 0 spiro atoms. The van der Waals surface area contributed by atoms with Crippen molar-refractivity contribution >= 4 is 17.5 Å². The summed E-state index contributed by atoms with van der Waals surface area (Å²) in [7, 11) is 1.57. The highest BCUT2D eigenvalue weighted by Gasteiger charge is 2.31. The molecule has 0 aliphatic carbocycles. The molecule has 0 radical (unpaired) electrons. The molecule has 6 nitrogen and oxygen atoms in total. The lowest BCUT2D eigenvalue weighted by Gasteiger charge is -2.20. The fourth-order valence-electron chi connectivity index (χ4n) is 2.55. The first-order chi connectivity index (χ1) is 11.2. The largest absolute Gasteiger partial charge is 0.481 e. The van der Waals surface area contributed by atoms with Gasteiger partial charge in [0.1, 0.15) is 6.10 Å². The van der Waals surface area contributed by atoms with E-state index in [0.29, 0.717) is 23.1 Å². The Morgan fingerprint density at radius 1 is 1.39 bits per heavy atom. The average Bonchev–Trinajstić information content (AvgIpc) is 3.03. The van der Waals surface area contributed by atoms with Gasteiger partial charge in [0.15, 0.2) is 0 Å². The number of methoxy groups -OCH3 is 1. The summed E-state index contributed by atoms with van der Waals surface area (Å²) < 4.78 is 10.8. The van der Waals surface area contributed by atoms with Gasteiger partial charge in [-0.25, -0.2) is 4.98 Å². The lowest BCUT2D eigenvalue weighted by atomic mass is 10.0. The summed E-state index contributed by atoms with van der Waals surface area (Å²) in [5, 5.41) is 3.30. The molecular weight excluding hydrogens is 318 g/mol. The Labute approximate surface area is 138 Å². The van der Waals surface area contributed by atoms with Gasteiger partial charge in [0.2, 0.25) is 5.88 Å². The minimum atomic E-state index is -0.238. The third kappa shape index (κ3) is 3.43. The number of nitrogens with zero attached hydrogens (tertiary/aromatic N) is 2. The Morgan fingerprint density at radius 2 is 2.26 bits per heavy atom. The van der Waals surface area contributed by atoms with Gasteiger partial charge < -0.3 is 14.8 Å². The summed E-state index contributed by atoms with van der Waals surface area (Å²) in [5.74, 6) is 0.301. The fourth-order valence-corrected chi connectivity index (χ4v) is 2.76. The van der Waals surface area contributed by atoms with E-state index in [1.807, 2.05) is 6.07 Å². The number of ether oxygens (including phenoxy) is 2. The van der Waals surface area contributed by atoms with Crippen molar-refractivity contribution < 1.29 is 14.3 Å². The zero-order valence-corrected chi connectivity index (χ0v) is 13.3. The van der Waals surface area contributed by atoms with Crippen LogP contribution in [0.3, 0.4) is 0 Å². The summed E-state index contributed by atoms with van der Waals surface area (Å²) >= 11 is 6.01. The Hall–Kier alpha value is -2.18. The average molecular weight is 334 g/mol. The smallest absolute Gasteiger partial charge is 0.253 e. The van der Waals surface area contributed by atoms with Crippen molar-refractivity contribution in [3.05, 3.63) is 52.9 Å². The third-order valence-electron chi connectivity index (χ3n) is 3.72. The summed E-state index contributed by atoms with van der Waals surface area (Å²) in [6.07, 6.45) is 5.18. The zero-order valence-electron chi connectivity index (χ0n) is 12.5. The Balaban J connectivity index is 1.74. The maximum absolute atomic E-state index is 12.4. The molecule has 1 fully saturated rings. The van der Waals surface area contributed by atoms with Gasteiger partial charge in [-0.05, 0) is 18.6 Å². The van der Waals surface area contributed by atoms with Gasteiger partial charge in [-0.2, -0.15) is 0 Å². The van der Waals surface area contributed by atoms with Gasteiger partial charge >= 0.3 is 0 Å². The van der Waals surface area contributed by atoms with Gasteiger partial charge in [0.05, 0.1) is 23.7 Å². The van der Waals surface area contributed by atoms with E-state index >= 15 is 0 Å². The van der Waals surface area contributed by atoms with Crippen LogP contribution in [0.4, 0.5) is 0 Å². The van der Waals surface area contributed by atoms with Crippen molar-refractivity contribution in [1.29, 1.82) is 0 Å². The van der Waals surface area contributed by atoms with Crippen molar-refractivity contribution in [3.8, 4) is 5.88 Å². The monoisotopic (exact) mass is 333 g/mol. The third-order valence-corrected chi connectivity index (χ3v) is 4.02. The highest BCUT2D eigenvalue weighted by atomic mass is 35.5. The number of pyridine rings is 2. The molecule has 1 aliphatic heterocycles. The number of nitrogens with one attached hydrogen (secondary N) is 1. The minimum Gasteiger partial charge on any atom is -0.481 e. The number of aromatic nitrogens is 2. The molecule has 2 atom stereocenters. The van der Waals surface area contributed by atoms with Gasteiger partial charge in [0.25, 0.3) is 5.91 Å². The molecule has 3 heterocycles. The van der Waals surface area contributed by atoms with E-state index in [1.165, 1.54) is 12.4 Å². The quantitative estimate of drug-likeness (QED) is 0.930. The summed E-state index contributed by atoms with van der Waals surface area (Å²) in [4.78, 5) is 20.4. The maximum atomic E-state index is 12.4. The molecule has 0 unspecified atom stereocenters. The number of hydrogen-bond acceptors (Lipinski definition) is 5. The van der Waals surface area contributed by atoms with Crippen LogP contribution in [0.2, 0.25) is 5.02 Å². The summed E-state index contributed by atoms with van der Waals surface area (Å²) in [6.45, 7) is 0.575. The van der Waals surface area contributed by atoms with Gasteiger partial charge in [0, 0.05) is 36.8 Å². The van der Waals surface area contributed by atoms with E-state index in [1.54, 1.807) is 25.4 Å². The van der Waals surface area contributed by atoms with Crippen molar-refractivity contribution in [3.63, 3.8) is 0 Å². The molecule has 0 bridgehead atoms. The standard InChI is InChI=1S/C16H16ClN3O3/c1-22-14-3-2-10(8-19-14)15-13(5-7-23-15)20-16(21)11-4-6-18-9-12(11)17/h2-4,6,8-9,13,15H,5,7H2,1H3,(H,20,21)/t13-,15+/m0/s1. The van der Waals surface area contributed by atoms with Crippen LogP contribution >= 0.6 is 11.6 Å². The van der Waals surface area contributed by atoms with E-state index in [-0.39, 0.29) is 18.1 Å². The predicted octanol–water partition coefficient (Wildman–Crippen LogP) is 2.40. The van der Waals surface area contributed by atoms with Crippen LogP contribution in [0.1, 0.15) is 28.4 Å². The van der Waals surface area contributed by atoms with Crippen LogP contribution in [0, 0.1) is 0 Å². The second kappa shape index (κ2) is 6.93. The molecule has 1 N–H and O–H groups in total. The number of hydrogen-bond donors (Lipinski definition) is 1. The Kier molecular flexibility index (Phi) is 4.73. The van der Waals surface area contributed by atoms with E-state index in [0.717, 1.165) is 12.0 Å². The normalized spacial score (nSPS) is 20.3. The molecule has 1 saturated heterocycles. The van der Waals surface area contributed by atoms with Crippen LogP contribution in [-0.2, 0) is 4.74 Å². The zero-order chi connectivity index (χ0) is 16.2. The second-order valence-corrected chi connectivity index (χ2v) is 5.56. The minimum absolute atomic E-state index is 0.137. The first-order valence-corrected chi connectivity index (χ1v) is 7.58. The predicted molar refractivity (Wildman–Crippen MR) is 84.6 cm³/mol. The topological polar surface area (TPSA) is 73.3 Å². The molecule has 7 heteroatoms. The first-order valence-electron chi connectivity index (χ1n) is 7.21. The summed E-state index contributed by atoms with van der Waals surface area (Å²) in [6, 6.07) is 5.12. The number of amides is 1. The SMILES string of the molecule is COc1ccc([C@H]2OCC[C@@H]2NC(=O)c2ccncc2Cl)cn1. The Bertz CT molecular complexity index is 693. The van der Waals surface area contributed by atoms with Gasteiger partial charge in [-0.3, -0.25) is 9.78 Å². The van der Waals surface area contributed by atoms with Gasteiger partial charge in [-0.15, -0.1) is 0 Å². The van der Waals surface area contributed by atoms with Crippen molar-refractivity contribution in [2.45, 2.75) is 18.6 Å². The van der Waals surface area contributed by atoms with Crippen molar-refractivity contribution in [2.75, 3.05) is 13.7 Å². The van der Waals surface area contributed by atoms with Crippen molar-refractivity contribution in [1.82, 2.24) is 15.3 Å². The molecule has 2 aromatic rings. The van der Waals surface area contributed by atoms with E-state index in [2.05, 4.69) is 15.3 Å². The number of rotatable bonds is 4. The number of halogens is 1. The van der Waals surface area contributed by atoms with Crippen LogP contribution in [-0.4, -0.2) is 35.6 Å². The van der Waals surface area contributed by atoms with Crippen LogP contribution in [0.5, 0.6) is 5.88 Å². The lowest BCUT2D eigenvalue weighted by Crippen LogP contribution is -2.37. The van der Waals surface area contributed by atoms with E-state index in [9.17, 15) is 4.79 Å². The summed E-state index contributed by atoms with van der Waals surface area (Å²) in [5.41, 5.74) is 1.30. The van der Waals surface area contributed by atoms with Crippen LogP contribution in [0.25, 0.3) is 0 Å². The molecule has 120 valence electrons. The number of carbonyl (C=O) groups is 1. The van der Waals surface area contributed by atoms with Crippen LogP contribution < -0.4 is 10.1 Å². The fraction of sp³-hybridized carbons (Fsp3) is 0.312. The highest BCUT2D eigenvalue weighted by Crippen LogP contribution is 2.30. The van der Waals surface area contributed by atoms with Crippen LogP contribution in [0.15, 0.2) is 36.8 Å². The second-order valence-electron chi connectivity index (χ2n) is 5.15. The molecule has 2 aromatic heterocycles. The molecule has 1 amide bonds. The van der Waals surface area contributed by atoms with Crippen molar-refractivity contribution in [2.24, 2.45) is 0 Å². The highest BCUT2D eigenvalue weighted by molar-refractivity contribution is 6.33. The molecule has 0 aromatic carbocycles.